The van der Waals surface area contributed by atoms with Crippen molar-refractivity contribution < 1.29 is 9.53 Å². The van der Waals surface area contributed by atoms with Crippen molar-refractivity contribution in [3.8, 4) is 0 Å². The molecule has 26 heavy (non-hydrogen) atoms. The molecule has 0 radical (unpaired) electrons. The highest BCUT2D eigenvalue weighted by Gasteiger charge is 2.26. The molecule has 1 aliphatic carbocycles. The van der Waals surface area contributed by atoms with Gasteiger partial charge in [0.2, 0.25) is 0 Å². The van der Waals surface area contributed by atoms with Crippen LogP contribution in [-0.4, -0.2) is 52.6 Å². The fourth-order valence-electron chi connectivity index (χ4n) is 3.95. The maximum Gasteiger partial charge on any atom is 0.330 e. The van der Waals surface area contributed by atoms with Crippen molar-refractivity contribution in [3.63, 3.8) is 0 Å². The number of likely N-dealkylation sites (tertiary alicyclic amines) is 1. The number of aromatic nitrogens is 2. The highest BCUT2D eigenvalue weighted by molar-refractivity contribution is 5.86. The van der Waals surface area contributed by atoms with Gasteiger partial charge in [0.15, 0.2) is 0 Å². The van der Waals surface area contributed by atoms with Gasteiger partial charge in [-0.1, -0.05) is 19.3 Å². The summed E-state index contributed by atoms with van der Waals surface area (Å²) in [6, 6.07) is 1.20. The van der Waals surface area contributed by atoms with Crippen LogP contribution in [0.4, 0.5) is 5.82 Å². The van der Waals surface area contributed by atoms with Crippen LogP contribution in [0, 0.1) is 0 Å². The number of carbonyl (C=O) groups is 1. The number of carbonyl (C=O) groups excluding carboxylic acids is 1. The summed E-state index contributed by atoms with van der Waals surface area (Å²) in [5, 5.41) is 3.53. The second-order valence-corrected chi connectivity index (χ2v) is 7.18. The van der Waals surface area contributed by atoms with Crippen LogP contribution in [0.15, 0.2) is 18.5 Å². The van der Waals surface area contributed by atoms with E-state index in [-0.39, 0.29) is 5.97 Å². The average Bonchev–Trinajstić information content (AvgIpc) is 2.69. The van der Waals surface area contributed by atoms with Gasteiger partial charge in [0, 0.05) is 24.7 Å². The van der Waals surface area contributed by atoms with E-state index < -0.39 is 0 Å². The Morgan fingerprint density at radius 3 is 2.81 bits per heavy atom. The first kappa shape index (κ1) is 18.8. The van der Waals surface area contributed by atoms with Gasteiger partial charge in [-0.2, -0.15) is 0 Å². The van der Waals surface area contributed by atoms with Gasteiger partial charge in [0.1, 0.15) is 5.82 Å². The number of hydrogen-bond acceptors (Lipinski definition) is 6. The predicted octanol–water partition coefficient (Wildman–Crippen LogP) is 3.26. The fourth-order valence-corrected chi connectivity index (χ4v) is 3.95. The van der Waals surface area contributed by atoms with Crippen LogP contribution in [-0.2, 0) is 9.53 Å². The van der Waals surface area contributed by atoms with E-state index in [9.17, 15) is 4.79 Å². The van der Waals surface area contributed by atoms with Crippen molar-refractivity contribution >= 4 is 17.9 Å². The van der Waals surface area contributed by atoms with Crippen molar-refractivity contribution in [1.82, 2.24) is 14.9 Å². The molecule has 142 valence electrons. The van der Waals surface area contributed by atoms with E-state index in [2.05, 4.69) is 20.2 Å². The van der Waals surface area contributed by atoms with Crippen LogP contribution in [0.5, 0.6) is 0 Å². The summed E-state index contributed by atoms with van der Waals surface area (Å²) in [6.07, 6.45) is 15.7. The maximum atomic E-state index is 11.3. The molecule has 1 aromatic rings. The Bertz CT molecular complexity index is 596. The lowest BCUT2D eigenvalue weighted by molar-refractivity contribution is -0.137. The molecule has 0 bridgehead atoms. The Hall–Kier alpha value is -1.95. The lowest BCUT2D eigenvalue weighted by Gasteiger charge is -2.40. The molecule has 6 heteroatoms. The summed E-state index contributed by atoms with van der Waals surface area (Å²) in [7, 11) is 0. The third-order valence-corrected chi connectivity index (χ3v) is 5.24. The minimum Gasteiger partial charge on any atom is -0.463 e. The first-order valence-electron chi connectivity index (χ1n) is 9.92. The third kappa shape index (κ3) is 5.53. The summed E-state index contributed by atoms with van der Waals surface area (Å²) in [5.41, 5.74) is 0.649. The molecule has 1 atom stereocenters. The zero-order valence-corrected chi connectivity index (χ0v) is 15.7. The largest absolute Gasteiger partial charge is 0.463 e. The van der Waals surface area contributed by atoms with E-state index in [1.54, 1.807) is 25.4 Å². The molecule has 2 aliphatic rings. The summed E-state index contributed by atoms with van der Waals surface area (Å²) < 4.78 is 4.86. The molecule has 3 rings (SSSR count). The first-order valence-corrected chi connectivity index (χ1v) is 9.92. The summed E-state index contributed by atoms with van der Waals surface area (Å²) in [6.45, 7) is 4.48. The standard InChI is InChI=1S/C20H30N4O2/c1-2-26-20(25)11-10-16-13-22-19(14-21-16)23-17-7-6-12-24(15-17)18-8-4-3-5-9-18/h10-11,13-14,17-18H,2-9,12,15H2,1H3,(H,22,23)/t17-/m1/s1. The van der Waals surface area contributed by atoms with Gasteiger partial charge in [-0.05, 0) is 45.2 Å². The van der Waals surface area contributed by atoms with Crippen LogP contribution < -0.4 is 5.32 Å². The molecule has 6 nitrogen and oxygen atoms in total. The van der Waals surface area contributed by atoms with Crippen molar-refractivity contribution in [2.75, 3.05) is 25.0 Å². The van der Waals surface area contributed by atoms with Crippen molar-refractivity contribution in [3.05, 3.63) is 24.2 Å². The normalized spacial score (nSPS) is 22.4. The smallest absolute Gasteiger partial charge is 0.330 e. The van der Waals surface area contributed by atoms with Crippen molar-refractivity contribution in [1.29, 1.82) is 0 Å². The predicted molar refractivity (Wildman–Crippen MR) is 103 cm³/mol. The highest BCUT2D eigenvalue weighted by atomic mass is 16.5. The van der Waals surface area contributed by atoms with Crippen LogP contribution in [0.1, 0.15) is 57.6 Å². The Morgan fingerprint density at radius 1 is 1.23 bits per heavy atom. The minimum absolute atomic E-state index is 0.360. The quantitative estimate of drug-likeness (QED) is 0.622. The van der Waals surface area contributed by atoms with Gasteiger partial charge >= 0.3 is 5.97 Å². The molecule has 1 aliphatic heterocycles. The lowest BCUT2D eigenvalue weighted by atomic mass is 9.92. The molecule has 1 saturated heterocycles. The van der Waals surface area contributed by atoms with E-state index >= 15 is 0 Å². The number of nitrogens with zero attached hydrogens (tertiary/aromatic N) is 3. The van der Waals surface area contributed by atoms with Gasteiger partial charge in [-0.15, -0.1) is 0 Å². The van der Waals surface area contributed by atoms with Gasteiger partial charge in [-0.3, -0.25) is 9.88 Å². The number of anilines is 1. The number of hydrogen-bond donors (Lipinski definition) is 1. The second kappa shape index (κ2) is 9.67. The van der Waals surface area contributed by atoms with Gasteiger partial charge in [0.25, 0.3) is 0 Å². The topological polar surface area (TPSA) is 67.3 Å². The SMILES string of the molecule is CCOC(=O)C=Cc1cnc(N[C@@H]2CCCN(C3CCCCC3)C2)cn1. The molecule has 1 N–H and O–H groups in total. The summed E-state index contributed by atoms with van der Waals surface area (Å²) in [4.78, 5) is 22.8. The Labute approximate surface area is 156 Å². The van der Waals surface area contributed by atoms with Crippen molar-refractivity contribution in [2.24, 2.45) is 0 Å². The average molecular weight is 358 g/mol. The number of esters is 1. The van der Waals surface area contributed by atoms with E-state index in [1.165, 1.54) is 57.6 Å². The number of ether oxygens (including phenoxy) is 1. The van der Waals surface area contributed by atoms with E-state index in [0.717, 1.165) is 18.4 Å². The third-order valence-electron chi connectivity index (χ3n) is 5.24. The summed E-state index contributed by atoms with van der Waals surface area (Å²) in [5.74, 6) is 0.440. The molecule has 0 aromatic carbocycles. The molecule has 2 heterocycles. The van der Waals surface area contributed by atoms with E-state index in [4.69, 9.17) is 4.74 Å². The van der Waals surface area contributed by atoms with Crippen molar-refractivity contribution in [2.45, 2.75) is 64.0 Å². The molecule has 1 saturated carbocycles. The van der Waals surface area contributed by atoms with Gasteiger partial charge in [-0.25, -0.2) is 9.78 Å². The Morgan fingerprint density at radius 2 is 2.08 bits per heavy atom. The molecular weight excluding hydrogens is 328 g/mol. The highest BCUT2D eigenvalue weighted by Crippen LogP contribution is 2.26. The summed E-state index contributed by atoms with van der Waals surface area (Å²) >= 11 is 0. The Balaban J connectivity index is 1.51. The van der Waals surface area contributed by atoms with Crippen LogP contribution in [0.3, 0.4) is 0 Å². The number of piperidine rings is 1. The molecule has 1 aromatic heterocycles. The number of rotatable bonds is 6. The van der Waals surface area contributed by atoms with E-state index in [0.29, 0.717) is 18.3 Å². The first-order chi connectivity index (χ1) is 12.7. The zero-order valence-electron chi connectivity index (χ0n) is 15.7. The monoisotopic (exact) mass is 358 g/mol. The second-order valence-electron chi connectivity index (χ2n) is 7.18. The fraction of sp³-hybridized carbons (Fsp3) is 0.650. The van der Waals surface area contributed by atoms with Crippen LogP contribution in [0.2, 0.25) is 0 Å². The zero-order chi connectivity index (χ0) is 18.2. The molecule has 0 amide bonds. The minimum atomic E-state index is -0.360. The van der Waals surface area contributed by atoms with Gasteiger partial charge < -0.3 is 10.1 Å². The molecular formula is C20H30N4O2. The molecule has 2 fully saturated rings. The maximum absolute atomic E-state index is 11.3. The van der Waals surface area contributed by atoms with E-state index in [1.807, 2.05) is 0 Å². The van der Waals surface area contributed by atoms with Gasteiger partial charge in [0.05, 0.1) is 24.7 Å². The molecule has 0 unspecified atom stereocenters. The number of nitrogens with one attached hydrogen (secondary N) is 1. The molecule has 0 spiro atoms. The lowest BCUT2D eigenvalue weighted by Crippen LogP contribution is -2.47. The Kier molecular flexibility index (Phi) is 7.00. The van der Waals surface area contributed by atoms with Crippen LogP contribution in [0.25, 0.3) is 6.08 Å². The van der Waals surface area contributed by atoms with Crippen LogP contribution >= 0.6 is 0 Å².